The number of carbonyl (C=O) groups is 3. The molecular formula is C17H17NO4S. The predicted molar refractivity (Wildman–Crippen MR) is 88.7 cm³/mol. The largest absolute Gasteiger partial charge is 0.456 e. The lowest BCUT2D eigenvalue weighted by molar-refractivity contribution is -0.147. The Morgan fingerprint density at radius 2 is 1.91 bits per heavy atom. The van der Waals surface area contributed by atoms with E-state index in [1.54, 1.807) is 35.6 Å². The number of amides is 1. The number of rotatable bonds is 7. The van der Waals surface area contributed by atoms with Crippen molar-refractivity contribution >= 4 is 34.7 Å². The maximum atomic E-state index is 11.8. The number of hydrogen-bond donors (Lipinski definition) is 1. The summed E-state index contributed by atoms with van der Waals surface area (Å²) in [6.07, 6.45) is 0.836. The summed E-state index contributed by atoms with van der Waals surface area (Å²) in [4.78, 5) is 36.0. The Morgan fingerprint density at radius 3 is 2.61 bits per heavy atom. The third-order valence-electron chi connectivity index (χ3n) is 3.10. The van der Waals surface area contributed by atoms with Gasteiger partial charge in [-0.05, 0) is 36.9 Å². The summed E-state index contributed by atoms with van der Waals surface area (Å²) in [7, 11) is 0. The second-order valence-electron chi connectivity index (χ2n) is 4.89. The maximum absolute atomic E-state index is 11.8. The average Bonchev–Trinajstić information content (AvgIpc) is 3.04. The van der Waals surface area contributed by atoms with Crippen LogP contribution in [0.3, 0.4) is 0 Å². The standard InChI is InChI=1S/C17H17NO4S/c1-12(19)14-6-2-3-7-15(14)18-16(20)11-22-17(21)9-8-13-5-4-10-23-13/h2-7,10H,8-9,11H2,1H3,(H,18,20). The molecule has 0 unspecified atom stereocenters. The normalized spacial score (nSPS) is 10.1. The molecular weight excluding hydrogens is 314 g/mol. The van der Waals surface area contributed by atoms with Crippen molar-refractivity contribution in [1.82, 2.24) is 0 Å². The molecule has 1 amide bonds. The lowest BCUT2D eigenvalue weighted by atomic mass is 10.1. The van der Waals surface area contributed by atoms with Crippen molar-refractivity contribution in [2.75, 3.05) is 11.9 Å². The number of ether oxygens (including phenoxy) is 1. The molecule has 2 rings (SSSR count). The van der Waals surface area contributed by atoms with Crippen molar-refractivity contribution in [3.8, 4) is 0 Å². The van der Waals surface area contributed by atoms with Gasteiger partial charge in [-0.25, -0.2) is 0 Å². The fourth-order valence-electron chi connectivity index (χ4n) is 1.98. The SMILES string of the molecule is CC(=O)c1ccccc1NC(=O)COC(=O)CCc1cccs1. The van der Waals surface area contributed by atoms with Crippen LogP contribution in [0.2, 0.25) is 0 Å². The van der Waals surface area contributed by atoms with Crippen LogP contribution in [0.25, 0.3) is 0 Å². The van der Waals surface area contributed by atoms with Gasteiger partial charge in [0.1, 0.15) is 0 Å². The molecule has 0 fully saturated rings. The minimum atomic E-state index is -0.469. The first-order valence-electron chi connectivity index (χ1n) is 7.14. The van der Waals surface area contributed by atoms with Crippen LogP contribution in [-0.4, -0.2) is 24.3 Å². The molecule has 6 heteroatoms. The van der Waals surface area contributed by atoms with E-state index in [4.69, 9.17) is 4.74 Å². The number of para-hydroxylation sites is 1. The number of benzene rings is 1. The van der Waals surface area contributed by atoms with Crippen molar-refractivity contribution in [2.45, 2.75) is 19.8 Å². The molecule has 0 aliphatic carbocycles. The Bertz CT molecular complexity index is 694. The quantitative estimate of drug-likeness (QED) is 0.625. The number of nitrogens with one attached hydrogen (secondary N) is 1. The van der Waals surface area contributed by atoms with Gasteiger partial charge in [0.15, 0.2) is 12.4 Å². The number of anilines is 1. The molecule has 0 saturated carbocycles. The Balaban J connectivity index is 1.79. The Labute approximate surface area is 138 Å². The van der Waals surface area contributed by atoms with Crippen LogP contribution < -0.4 is 5.32 Å². The van der Waals surface area contributed by atoms with Crippen molar-refractivity contribution < 1.29 is 19.1 Å². The zero-order valence-electron chi connectivity index (χ0n) is 12.7. The average molecular weight is 331 g/mol. The summed E-state index contributed by atoms with van der Waals surface area (Å²) in [5.41, 5.74) is 0.838. The number of Topliss-reactive ketones (excluding diaryl/α,β-unsaturated/α-hetero) is 1. The first-order valence-corrected chi connectivity index (χ1v) is 8.02. The second kappa shape index (κ2) is 8.24. The highest BCUT2D eigenvalue weighted by atomic mass is 32.1. The van der Waals surface area contributed by atoms with Crippen molar-refractivity contribution in [2.24, 2.45) is 0 Å². The van der Waals surface area contributed by atoms with Crippen LogP contribution in [0.15, 0.2) is 41.8 Å². The van der Waals surface area contributed by atoms with Gasteiger partial charge in [0.05, 0.1) is 12.1 Å². The van der Waals surface area contributed by atoms with Crippen LogP contribution >= 0.6 is 11.3 Å². The fourth-order valence-corrected chi connectivity index (χ4v) is 2.69. The molecule has 0 saturated heterocycles. The predicted octanol–water partition coefficient (Wildman–Crippen LogP) is 3.07. The minimum Gasteiger partial charge on any atom is -0.456 e. The summed E-state index contributed by atoms with van der Waals surface area (Å²) in [6.45, 7) is 1.06. The number of aryl methyl sites for hydroxylation is 1. The van der Waals surface area contributed by atoms with E-state index < -0.39 is 11.9 Å². The molecule has 1 aromatic carbocycles. The molecule has 0 radical (unpaired) electrons. The van der Waals surface area contributed by atoms with Crippen molar-refractivity contribution in [3.05, 3.63) is 52.2 Å². The molecule has 0 aliphatic rings. The summed E-state index contributed by atoms with van der Waals surface area (Å²) in [5, 5.41) is 4.53. The van der Waals surface area contributed by atoms with Gasteiger partial charge in [0.25, 0.3) is 5.91 Å². The van der Waals surface area contributed by atoms with Gasteiger partial charge in [-0.1, -0.05) is 18.2 Å². The maximum Gasteiger partial charge on any atom is 0.306 e. The number of esters is 1. The number of hydrogen-bond acceptors (Lipinski definition) is 5. The van der Waals surface area contributed by atoms with Crippen molar-refractivity contribution in [1.29, 1.82) is 0 Å². The van der Waals surface area contributed by atoms with E-state index in [0.717, 1.165) is 4.88 Å². The monoisotopic (exact) mass is 331 g/mol. The molecule has 0 bridgehead atoms. The van der Waals surface area contributed by atoms with Gasteiger partial charge >= 0.3 is 5.97 Å². The molecule has 0 aliphatic heterocycles. The molecule has 0 spiro atoms. The molecule has 1 aromatic heterocycles. The van der Waals surface area contributed by atoms with E-state index >= 15 is 0 Å². The first-order chi connectivity index (χ1) is 11.1. The molecule has 5 nitrogen and oxygen atoms in total. The van der Waals surface area contributed by atoms with Crippen LogP contribution in [0.1, 0.15) is 28.6 Å². The Hall–Kier alpha value is -2.47. The molecule has 2 aromatic rings. The van der Waals surface area contributed by atoms with Gasteiger partial charge in [-0.2, -0.15) is 0 Å². The third-order valence-corrected chi connectivity index (χ3v) is 4.04. The smallest absolute Gasteiger partial charge is 0.306 e. The highest BCUT2D eigenvalue weighted by molar-refractivity contribution is 7.09. The van der Waals surface area contributed by atoms with E-state index in [0.29, 0.717) is 17.7 Å². The van der Waals surface area contributed by atoms with E-state index in [1.807, 2.05) is 17.5 Å². The summed E-state index contributed by atoms with van der Waals surface area (Å²) < 4.78 is 4.94. The molecule has 1 heterocycles. The van der Waals surface area contributed by atoms with Crippen LogP contribution in [-0.2, 0) is 20.7 Å². The van der Waals surface area contributed by atoms with Crippen LogP contribution in [0.4, 0.5) is 5.69 Å². The number of ketones is 1. The highest BCUT2D eigenvalue weighted by Gasteiger charge is 2.12. The van der Waals surface area contributed by atoms with Gasteiger partial charge in [0.2, 0.25) is 0 Å². The second-order valence-corrected chi connectivity index (χ2v) is 5.92. The summed E-state index contributed by atoms with van der Waals surface area (Å²) in [5.74, 6) is -1.04. The van der Waals surface area contributed by atoms with E-state index in [-0.39, 0.29) is 18.8 Å². The number of thiophene rings is 1. The van der Waals surface area contributed by atoms with E-state index in [2.05, 4.69) is 5.32 Å². The molecule has 1 N–H and O–H groups in total. The zero-order valence-corrected chi connectivity index (χ0v) is 13.5. The first kappa shape index (κ1) is 16.9. The van der Waals surface area contributed by atoms with E-state index in [9.17, 15) is 14.4 Å². The molecule has 120 valence electrons. The molecule has 0 atom stereocenters. The third kappa shape index (κ3) is 5.34. The van der Waals surface area contributed by atoms with Crippen LogP contribution in [0.5, 0.6) is 0 Å². The highest BCUT2D eigenvalue weighted by Crippen LogP contribution is 2.15. The van der Waals surface area contributed by atoms with E-state index in [1.165, 1.54) is 6.92 Å². The topological polar surface area (TPSA) is 72.5 Å². The summed E-state index contributed by atoms with van der Waals surface area (Å²) >= 11 is 1.58. The fraction of sp³-hybridized carbons (Fsp3) is 0.235. The van der Waals surface area contributed by atoms with Crippen molar-refractivity contribution in [3.63, 3.8) is 0 Å². The van der Waals surface area contributed by atoms with Gasteiger partial charge < -0.3 is 10.1 Å². The van der Waals surface area contributed by atoms with Crippen LogP contribution in [0, 0.1) is 0 Å². The Kier molecular flexibility index (Phi) is 6.05. The lowest BCUT2D eigenvalue weighted by Gasteiger charge is -2.09. The summed E-state index contributed by atoms with van der Waals surface area (Å²) in [6, 6.07) is 10.6. The minimum absolute atomic E-state index is 0.145. The van der Waals surface area contributed by atoms with Gasteiger partial charge in [0, 0.05) is 10.4 Å². The zero-order chi connectivity index (χ0) is 16.7. The van der Waals surface area contributed by atoms with Gasteiger partial charge in [-0.15, -0.1) is 11.3 Å². The molecule has 23 heavy (non-hydrogen) atoms. The Morgan fingerprint density at radius 1 is 1.13 bits per heavy atom. The number of carbonyl (C=O) groups excluding carboxylic acids is 3. The lowest BCUT2D eigenvalue weighted by Crippen LogP contribution is -2.22. The van der Waals surface area contributed by atoms with Gasteiger partial charge in [-0.3, -0.25) is 14.4 Å².